The maximum absolute atomic E-state index is 13.0. The fourth-order valence-corrected chi connectivity index (χ4v) is 4.34. The number of carbonyl (C=O) groups excluding carboxylic acids is 2. The number of ether oxygens (including phenoxy) is 3. The minimum atomic E-state index is -0.768. The molecule has 172 valence electrons. The van der Waals surface area contributed by atoms with Crippen LogP contribution >= 0.6 is 0 Å². The number of aromatic amines is 1. The van der Waals surface area contributed by atoms with Crippen molar-refractivity contribution in [2.24, 2.45) is 0 Å². The molecule has 0 aliphatic carbocycles. The van der Waals surface area contributed by atoms with Gasteiger partial charge in [0.05, 0.1) is 32.9 Å². The van der Waals surface area contributed by atoms with E-state index in [1.165, 1.54) is 18.9 Å². The Morgan fingerprint density at radius 2 is 1.76 bits per heavy atom. The van der Waals surface area contributed by atoms with E-state index in [0.29, 0.717) is 23.5 Å². The minimum Gasteiger partial charge on any atom is -0.503 e. The number of aliphatic hydroxyl groups excluding tert-OH is 1. The molecule has 4 rings (SSSR count). The summed E-state index contributed by atoms with van der Waals surface area (Å²) >= 11 is 0. The summed E-state index contributed by atoms with van der Waals surface area (Å²) in [6.45, 7) is 1.63. The Bertz CT molecular complexity index is 1260. The molecule has 0 spiro atoms. The van der Waals surface area contributed by atoms with Crippen LogP contribution in [0.2, 0.25) is 0 Å². The molecule has 33 heavy (non-hydrogen) atoms. The summed E-state index contributed by atoms with van der Waals surface area (Å²) in [6.07, 6.45) is 2.40. The number of aliphatic hydroxyl groups is 1. The number of ketones is 1. The van der Waals surface area contributed by atoms with E-state index in [2.05, 4.69) is 4.98 Å². The molecule has 2 heterocycles. The Kier molecular flexibility index (Phi) is 6.00. The summed E-state index contributed by atoms with van der Waals surface area (Å²) in [4.78, 5) is 30.2. The number of fused-ring (bicyclic) bond motifs is 1. The number of benzene rings is 2. The molecule has 0 saturated carbocycles. The van der Waals surface area contributed by atoms with Crippen molar-refractivity contribution in [3.05, 3.63) is 65.1 Å². The van der Waals surface area contributed by atoms with Gasteiger partial charge in [-0.25, -0.2) is 0 Å². The third kappa shape index (κ3) is 3.88. The Labute approximate surface area is 191 Å². The second kappa shape index (κ2) is 8.90. The van der Waals surface area contributed by atoms with E-state index in [1.54, 1.807) is 32.4 Å². The van der Waals surface area contributed by atoms with Crippen molar-refractivity contribution in [1.82, 2.24) is 9.88 Å². The number of rotatable bonds is 8. The van der Waals surface area contributed by atoms with Gasteiger partial charge in [-0.2, -0.15) is 0 Å². The Morgan fingerprint density at radius 1 is 1.06 bits per heavy atom. The average Bonchev–Trinajstić information content (AvgIpc) is 3.34. The number of hydrogen-bond donors (Lipinski definition) is 2. The number of carbonyl (C=O) groups is 2. The number of methoxy groups -OCH3 is 3. The molecule has 0 saturated heterocycles. The zero-order chi connectivity index (χ0) is 23.7. The molecular weight excluding hydrogens is 424 g/mol. The Morgan fingerprint density at radius 3 is 2.42 bits per heavy atom. The van der Waals surface area contributed by atoms with Gasteiger partial charge in [0.15, 0.2) is 11.5 Å². The molecule has 1 unspecified atom stereocenters. The lowest BCUT2D eigenvalue weighted by molar-refractivity contribution is -0.129. The molecule has 1 atom stereocenters. The molecule has 2 N–H and O–H groups in total. The van der Waals surface area contributed by atoms with E-state index in [0.717, 1.165) is 22.2 Å². The predicted octanol–water partition coefficient (Wildman–Crippen LogP) is 3.72. The number of Topliss-reactive ketones (excluding diaryl/α,β-unsaturated/α-hetero) is 1. The molecule has 8 heteroatoms. The van der Waals surface area contributed by atoms with E-state index in [-0.39, 0.29) is 17.9 Å². The fraction of sp³-hybridized carbons (Fsp3) is 0.280. The molecule has 1 aliphatic heterocycles. The van der Waals surface area contributed by atoms with Crippen LogP contribution in [0.5, 0.6) is 17.2 Å². The molecular formula is C25H26N2O6. The van der Waals surface area contributed by atoms with Crippen molar-refractivity contribution >= 4 is 22.6 Å². The van der Waals surface area contributed by atoms with E-state index in [9.17, 15) is 14.7 Å². The SMILES string of the molecule is COc1ccc(C2C(C(C)=O)=C(O)C(=O)N2CCc2c[nH]c3ccc(OC)cc23)c(OC)c1. The van der Waals surface area contributed by atoms with E-state index >= 15 is 0 Å². The topological polar surface area (TPSA) is 101 Å². The van der Waals surface area contributed by atoms with Gasteiger partial charge in [-0.3, -0.25) is 9.59 Å². The number of amides is 1. The first-order valence-electron chi connectivity index (χ1n) is 10.5. The number of hydrogen-bond acceptors (Lipinski definition) is 6. The molecule has 0 radical (unpaired) electrons. The molecule has 8 nitrogen and oxygen atoms in total. The van der Waals surface area contributed by atoms with Crippen LogP contribution in [0.25, 0.3) is 10.9 Å². The van der Waals surface area contributed by atoms with Crippen molar-refractivity contribution in [3.63, 3.8) is 0 Å². The van der Waals surface area contributed by atoms with E-state index in [1.807, 2.05) is 24.4 Å². The van der Waals surface area contributed by atoms with Gasteiger partial charge >= 0.3 is 0 Å². The van der Waals surface area contributed by atoms with Gasteiger partial charge in [0, 0.05) is 35.3 Å². The molecule has 1 aliphatic rings. The first-order chi connectivity index (χ1) is 15.9. The molecule has 0 bridgehead atoms. The van der Waals surface area contributed by atoms with Crippen molar-refractivity contribution in [2.45, 2.75) is 19.4 Å². The number of nitrogens with zero attached hydrogens (tertiary/aromatic N) is 1. The molecule has 0 fully saturated rings. The van der Waals surface area contributed by atoms with Crippen LogP contribution in [0.3, 0.4) is 0 Å². The summed E-state index contributed by atoms with van der Waals surface area (Å²) in [5.41, 5.74) is 2.61. The first-order valence-corrected chi connectivity index (χ1v) is 10.5. The third-order valence-corrected chi connectivity index (χ3v) is 6.01. The quantitative estimate of drug-likeness (QED) is 0.543. The number of aromatic nitrogens is 1. The van der Waals surface area contributed by atoms with Crippen LogP contribution in [-0.4, -0.2) is 54.6 Å². The second-order valence-corrected chi connectivity index (χ2v) is 7.80. The summed E-state index contributed by atoms with van der Waals surface area (Å²) in [5.74, 6) is 0.299. The molecule has 1 aromatic heterocycles. The zero-order valence-electron chi connectivity index (χ0n) is 19.0. The molecule has 3 aromatic rings. The smallest absolute Gasteiger partial charge is 0.290 e. The van der Waals surface area contributed by atoms with Crippen LogP contribution in [0.4, 0.5) is 0 Å². The summed E-state index contributed by atoms with van der Waals surface area (Å²) in [7, 11) is 4.67. The Balaban J connectivity index is 1.71. The first kappa shape index (κ1) is 22.3. The van der Waals surface area contributed by atoms with Crippen LogP contribution < -0.4 is 14.2 Å². The van der Waals surface area contributed by atoms with Crippen molar-refractivity contribution in [3.8, 4) is 17.2 Å². The van der Waals surface area contributed by atoms with Gasteiger partial charge in [0.2, 0.25) is 0 Å². The maximum Gasteiger partial charge on any atom is 0.290 e. The standard InChI is InChI=1S/C25H26N2O6/c1-14(28)22-23(18-7-5-17(32-3)12-21(18)33-4)27(25(30)24(22)29)10-9-15-13-26-20-8-6-16(31-2)11-19(15)20/h5-8,11-13,23,26,29H,9-10H2,1-4H3. The predicted molar refractivity (Wildman–Crippen MR) is 123 cm³/mol. The van der Waals surface area contributed by atoms with Crippen LogP contribution in [0, 0.1) is 0 Å². The Hall–Kier alpha value is -3.94. The lowest BCUT2D eigenvalue weighted by Gasteiger charge is -2.28. The van der Waals surface area contributed by atoms with E-state index in [4.69, 9.17) is 14.2 Å². The molecule has 2 aromatic carbocycles. The second-order valence-electron chi connectivity index (χ2n) is 7.80. The third-order valence-electron chi connectivity index (χ3n) is 6.01. The average molecular weight is 450 g/mol. The van der Waals surface area contributed by atoms with Crippen molar-refractivity contribution < 1.29 is 28.9 Å². The van der Waals surface area contributed by atoms with Gasteiger partial charge in [-0.1, -0.05) is 0 Å². The monoisotopic (exact) mass is 450 g/mol. The van der Waals surface area contributed by atoms with Crippen molar-refractivity contribution in [2.75, 3.05) is 27.9 Å². The van der Waals surface area contributed by atoms with Gasteiger partial charge in [-0.15, -0.1) is 0 Å². The van der Waals surface area contributed by atoms with E-state index < -0.39 is 17.7 Å². The minimum absolute atomic E-state index is 0.0593. The van der Waals surface area contributed by atoms with Crippen LogP contribution in [0.1, 0.15) is 24.1 Å². The number of H-pyrrole nitrogens is 1. The fourth-order valence-electron chi connectivity index (χ4n) is 4.34. The van der Waals surface area contributed by atoms with Crippen LogP contribution in [0.15, 0.2) is 53.9 Å². The normalized spacial score (nSPS) is 15.9. The number of nitrogens with one attached hydrogen (secondary N) is 1. The lowest BCUT2D eigenvalue weighted by atomic mass is 9.95. The highest BCUT2D eigenvalue weighted by Gasteiger charge is 2.43. The highest BCUT2D eigenvalue weighted by Crippen LogP contribution is 2.42. The van der Waals surface area contributed by atoms with Gasteiger partial charge < -0.3 is 29.2 Å². The highest BCUT2D eigenvalue weighted by atomic mass is 16.5. The summed E-state index contributed by atoms with van der Waals surface area (Å²) < 4.78 is 16.1. The summed E-state index contributed by atoms with van der Waals surface area (Å²) in [6, 6.07) is 10.2. The van der Waals surface area contributed by atoms with Gasteiger partial charge in [-0.05, 0) is 49.2 Å². The van der Waals surface area contributed by atoms with Gasteiger partial charge in [0.25, 0.3) is 5.91 Å². The lowest BCUT2D eigenvalue weighted by Crippen LogP contribution is -2.33. The largest absolute Gasteiger partial charge is 0.503 e. The summed E-state index contributed by atoms with van der Waals surface area (Å²) in [5, 5.41) is 11.6. The van der Waals surface area contributed by atoms with Crippen molar-refractivity contribution in [1.29, 1.82) is 0 Å². The van der Waals surface area contributed by atoms with Crippen LogP contribution in [-0.2, 0) is 16.0 Å². The highest BCUT2D eigenvalue weighted by molar-refractivity contribution is 6.08. The van der Waals surface area contributed by atoms with Gasteiger partial charge in [0.1, 0.15) is 17.2 Å². The molecule has 1 amide bonds. The maximum atomic E-state index is 13.0. The zero-order valence-corrected chi connectivity index (χ0v) is 19.0.